The molecule has 0 radical (unpaired) electrons. The van der Waals surface area contributed by atoms with E-state index < -0.39 is 5.73 Å². The van der Waals surface area contributed by atoms with Gasteiger partial charge in [0.2, 0.25) is 0 Å². The molecular weight excluding hydrogens is 217 g/mol. The van der Waals surface area contributed by atoms with E-state index in [9.17, 15) is 0 Å². The lowest BCUT2D eigenvalue weighted by Gasteiger charge is -2.22. The largest absolute Gasteiger partial charge is 0.322 e. The molecule has 7 heavy (non-hydrogen) atoms. The summed E-state index contributed by atoms with van der Waals surface area (Å²) in [7, 11) is 4.28. The second-order valence-electron chi connectivity index (χ2n) is 2.30. The topological polar surface area (TPSA) is 3.24 Å². The standard InChI is InChI=1S/C4H12INSi/c1-6(2)7(3,4)5/h1-4H3. The first kappa shape index (κ1) is 7.91. The molecule has 0 unspecified atom stereocenters. The monoisotopic (exact) mass is 229 g/mol. The summed E-state index contributed by atoms with van der Waals surface area (Å²) >= 11 is 2.53. The van der Waals surface area contributed by atoms with E-state index in [0.717, 1.165) is 0 Å². The van der Waals surface area contributed by atoms with Gasteiger partial charge in [0.15, 0.2) is 5.73 Å². The van der Waals surface area contributed by atoms with Crippen LogP contribution in [0, 0.1) is 0 Å². The molecule has 0 rings (SSSR count). The summed E-state index contributed by atoms with van der Waals surface area (Å²) < 4.78 is 2.31. The van der Waals surface area contributed by atoms with E-state index in [1.807, 2.05) is 0 Å². The highest BCUT2D eigenvalue weighted by Gasteiger charge is 2.17. The van der Waals surface area contributed by atoms with Crippen molar-refractivity contribution in [3.8, 4) is 0 Å². The second-order valence-corrected chi connectivity index (χ2v) is 13.9. The fraction of sp³-hybridized carbons (Fsp3) is 1.00. The third-order valence-corrected chi connectivity index (χ3v) is 6.08. The van der Waals surface area contributed by atoms with Crippen LogP contribution in [-0.2, 0) is 0 Å². The van der Waals surface area contributed by atoms with Gasteiger partial charge >= 0.3 is 0 Å². The van der Waals surface area contributed by atoms with Crippen LogP contribution in [0.15, 0.2) is 0 Å². The van der Waals surface area contributed by atoms with Crippen LogP contribution in [0.4, 0.5) is 0 Å². The van der Waals surface area contributed by atoms with Crippen molar-refractivity contribution >= 4 is 27.5 Å². The molecule has 0 aromatic heterocycles. The maximum absolute atomic E-state index is 2.53. The molecule has 0 aliphatic heterocycles. The highest BCUT2D eigenvalue weighted by atomic mass is 127. The average molecular weight is 229 g/mol. The van der Waals surface area contributed by atoms with Crippen LogP contribution >= 0.6 is 21.8 Å². The first-order valence-corrected chi connectivity index (χ1v) is 8.37. The Labute approximate surface area is 59.4 Å². The molecule has 0 aliphatic rings. The summed E-state index contributed by atoms with van der Waals surface area (Å²) in [5, 5.41) is 0. The van der Waals surface area contributed by atoms with Gasteiger partial charge in [-0.3, -0.25) is 0 Å². The molecular formula is C4H12INSi. The third-order valence-electron chi connectivity index (χ3n) is 1.06. The highest BCUT2D eigenvalue weighted by Crippen LogP contribution is 2.12. The zero-order valence-corrected chi connectivity index (χ0v) is 8.48. The molecule has 0 aliphatic carbocycles. The quantitative estimate of drug-likeness (QED) is 0.375. The van der Waals surface area contributed by atoms with E-state index >= 15 is 0 Å². The van der Waals surface area contributed by atoms with Crippen molar-refractivity contribution in [3.63, 3.8) is 0 Å². The molecule has 0 spiro atoms. The van der Waals surface area contributed by atoms with Crippen LogP contribution in [0.5, 0.6) is 0 Å². The highest BCUT2D eigenvalue weighted by molar-refractivity contribution is 14.1. The van der Waals surface area contributed by atoms with E-state index in [0.29, 0.717) is 0 Å². The molecule has 0 aromatic carbocycles. The van der Waals surface area contributed by atoms with Crippen molar-refractivity contribution in [1.29, 1.82) is 0 Å². The SMILES string of the molecule is CN(C)[Si](C)(C)I. The van der Waals surface area contributed by atoms with Crippen LogP contribution in [0.1, 0.15) is 0 Å². The number of nitrogens with zero attached hydrogens (tertiary/aromatic N) is 1. The summed E-state index contributed by atoms with van der Waals surface area (Å²) in [5.74, 6) is 0. The van der Waals surface area contributed by atoms with Gasteiger partial charge in [0.05, 0.1) is 0 Å². The van der Waals surface area contributed by atoms with Gasteiger partial charge in [0.25, 0.3) is 0 Å². The minimum Gasteiger partial charge on any atom is -0.322 e. The minimum absolute atomic E-state index is 0.931. The van der Waals surface area contributed by atoms with Gasteiger partial charge < -0.3 is 4.57 Å². The first-order chi connectivity index (χ1) is 2.94. The Balaban J connectivity index is 3.54. The molecule has 0 atom stereocenters. The Morgan fingerprint density at radius 1 is 1.29 bits per heavy atom. The van der Waals surface area contributed by atoms with Gasteiger partial charge in [-0.15, -0.1) is 0 Å². The van der Waals surface area contributed by atoms with E-state index in [4.69, 9.17) is 0 Å². The van der Waals surface area contributed by atoms with Crippen LogP contribution in [0.2, 0.25) is 13.1 Å². The summed E-state index contributed by atoms with van der Waals surface area (Å²) in [6.45, 7) is 4.63. The lowest BCUT2D eigenvalue weighted by Crippen LogP contribution is -2.36. The molecule has 0 heterocycles. The predicted molar refractivity (Wildman–Crippen MR) is 45.2 cm³/mol. The fourth-order valence-electron chi connectivity index (χ4n) is 0. The molecule has 0 N–H and O–H groups in total. The fourth-order valence-corrected chi connectivity index (χ4v) is 0. The molecule has 0 aromatic rings. The smallest absolute Gasteiger partial charge is 0.190 e. The van der Waals surface area contributed by atoms with Crippen LogP contribution < -0.4 is 0 Å². The van der Waals surface area contributed by atoms with E-state index in [2.05, 4.69) is 53.6 Å². The molecule has 0 bridgehead atoms. The van der Waals surface area contributed by atoms with Gasteiger partial charge in [-0.2, -0.15) is 0 Å². The van der Waals surface area contributed by atoms with E-state index in [1.54, 1.807) is 0 Å². The second kappa shape index (κ2) is 2.46. The molecule has 3 heteroatoms. The van der Waals surface area contributed by atoms with Gasteiger partial charge in [-0.05, 0) is 27.2 Å². The first-order valence-electron chi connectivity index (χ1n) is 2.31. The van der Waals surface area contributed by atoms with Crippen LogP contribution in [0.25, 0.3) is 0 Å². The summed E-state index contributed by atoms with van der Waals surface area (Å²) in [5.41, 5.74) is -0.931. The van der Waals surface area contributed by atoms with Crippen molar-refractivity contribution < 1.29 is 0 Å². The van der Waals surface area contributed by atoms with Crippen molar-refractivity contribution in [2.75, 3.05) is 14.1 Å². The molecule has 0 saturated carbocycles. The molecule has 0 fully saturated rings. The Bertz CT molecular complexity index is 57.2. The number of rotatable bonds is 1. The van der Waals surface area contributed by atoms with Crippen molar-refractivity contribution in [1.82, 2.24) is 4.57 Å². The lowest BCUT2D eigenvalue weighted by molar-refractivity contribution is 0.645. The third kappa shape index (κ3) is 3.49. The van der Waals surface area contributed by atoms with E-state index in [-0.39, 0.29) is 0 Å². The Hall–Kier alpha value is 0.907. The Morgan fingerprint density at radius 3 is 1.43 bits per heavy atom. The summed E-state index contributed by atoms with van der Waals surface area (Å²) in [6, 6.07) is 0. The molecule has 1 nitrogen and oxygen atoms in total. The van der Waals surface area contributed by atoms with Crippen molar-refractivity contribution in [2.45, 2.75) is 13.1 Å². The van der Waals surface area contributed by atoms with E-state index in [1.165, 1.54) is 0 Å². The maximum Gasteiger partial charge on any atom is 0.190 e. The number of halogens is 1. The van der Waals surface area contributed by atoms with Crippen molar-refractivity contribution in [3.05, 3.63) is 0 Å². The van der Waals surface area contributed by atoms with Crippen LogP contribution in [0.3, 0.4) is 0 Å². The predicted octanol–water partition coefficient (Wildman–Crippen LogP) is 1.68. The van der Waals surface area contributed by atoms with Gasteiger partial charge in [-0.25, -0.2) is 0 Å². The lowest BCUT2D eigenvalue weighted by atomic mass is 11.3. The normalized spacial score (nSPS) is 12.9. The Kier molecular flexibility index (Phi) is 2.77. The molecule has 0 saturated heterocycles. The van der Waals surface area contributed by atoms with Crippen LogP contribution in [-0.4, -0.2) is 24.4 Å². The minimum atomic E-state index is -0.931. The molecule has 0 amide bonds. The number of hydrogen-bond donors (Lipinski definition) is 0. The summed E-state index contributed by atoms with van der Waals surface area (Å²) in [4.78, 5) is 0. The van der Waals surface area contributed by atoms with Gasteiger partial charge in [-0.1, -0.05) is 21.8 Å². The Morgan fingerprint density at radius 2 is 1.43 bits per heavy atom. The zero-order valence-electron chi connectivity index (χ0n) is 5.33. The maximum atomic E-state index is 2.53. The zero-order chi connectivity index (χ0) is 6.08. The van der Waals surface area contributed by atoms with Crippen molar-refractivity contribution in [2.24, 2.45) is 0 Å². The van der Waals surface area contributed by atoms with Gasteiger partial charge in [0, 0.05) is 0 Å². The summed E-state index contributed by atoms with van der Waals surface area (Å²) in [6.07, 6.45) is 0. The number of hydrogen-bond acceptors (Lipinski definition) is 1. The molecule has 44 valence electrons. The van der Waals surface area contributed by atoms with Gasteiger partial charge in [0.1, 0.15) is 0 Å². The average Bonchev–Trinajstić information content (AvgIpc) is 1.31.